The molecule has 0 N–H and O–H groups in total. The SMILES string of the molecule is CCOC(=O)c1cnc(C(=O)OCC)c(C(=O)OCC)c1. The lowest BCUT2D eigenvalue weighted by atomic mass is 10.1. The molecule has 1 aromatic heterocycles. The van der Waals surface area contributed by atoms with Crippen LogP contribution in [0.5, 0.6) is 0 Å². The van der Waals surface area contributed by atoms with Crippen LogP contribution in [-0.2, 0) is 14.2 Å². The second-order valence-corrected chi connectivity index (χ2v) is 3.78. The summed E-state index contributed by atoms with van der Waals surface area (Å²) in [6, 6.07) is 1.22. The molecule has 0 unspecified atom stereocenters. The van der Waals surface area contributed by atoms with Gasteiger partial charge in [-0.2, -0.15) is 0 Å². The van der Waals surface area contributed by atoms with E-state index < -0.39 is 17.9 Å². The summed E-state index contributed by atoms with van der Waals surface area (Å²) in [6.07, 6.45) is 1.16. The molecule has 0 bridgehead atoms. The van der Waals surface area contributed by atoms with Crippen LogP contribution < -0.4 is 0 Å². The molecule has 0 radical (unpaired) electrons. The number of rotatable bonds is 6. The first-order valence-electron chi connectivity index (χ1n) is 6.56. The maximum absolute atomic E-state index is 11.9. The number of nitrogens with zero attached hydrogens (tertiary/aromatic N) is 1. The van der Waals surface area contributed by atoms with Crippen molar-refractivity contribution in [1.82, 2.24) is 4.98 Å². The molecular weight excluding hydrogens is 278 g/mol. The van der Waals surface area contributed by atoms with Gasteiger partial charge in [-0.15, -0.1) is 0 Å². The summed E-state index contributed by atoms with van der Waals surface area (Å²) in [5.41, 5.74) is -0.253. The van der Waals surface area contributed by atoms with Crippen LogP contribution in [0.3, 0.4) is 0 Å². The topological polar surface area (TPSA) is 91.8 Å². The molecule has 1 aromatic rings. The first-order chi connectivity index (χ1) is 10.0. The van der Waals surface area contributed by atoms with Crippen molar-refractivity contribution in [2.24, 2.45) is 0 Å². The second-order valence-electron chi connectivity index (χ2n) is 3.78. The van der Waals surface area contributed by atoms with Gasteiger partial charge < -0.3 is 14.2 Å². The van der Waals surface area contributed by atoms with E-state index in [-0.39, 0.29) is 36.6 Å². The maximum atomic E-state index is 11.9. The lowest BCUT2D eigenvalue weighted by Gasteiger charge is -2.09. The van der Waals surface area contributed by atoms with Crippen LogP contribution in [0.2, 0.25) is 0 Å². The third kappa shape index (κ3) is 4.27. The van der Waals surface area contributed by atoms with Crippen LogP contribution in [0.25, 0.3) is 0 Å². The van der Waals surface area contributed by atoms with Gasteiger partial charge in [-0.05, 0) is 26.8 Å². The summed E-state index contributed by atoms with van der Waals surface area (Å²) in [4.78, 5) is 39.1. The van der Waals surface area contributed by atoms with Gasteiger partial charge >= 0.3 is 17.9 Å². The average Bonchev–Trinajstić information content (AvgIpc) is 2.47. The Morgan fingerprint density at radius 2 is 1.43 bits per heavy atom. The summed E-state index contributed by atoms with van der Waals surface area (Å²) in [6.45, 7) is 5.38. The fourth-order valence-corrected chi connectivity index (χ4v) is 1.52. The molecule has 0 aliphatic heterocycles. The highest BCUT2D eigenvalue weighted by Crippen LogP contribution is 2.13. The third-order valence-electron chi connectivity index (χ3n) is 2.36. The molecule has 0 aliphatic carbocycles. The average molecular weight is 295 g/mol. The number of aromatic nitrogens is 1. The van der Waals surface area contributed by atoms with Crippen LogP contribution in [-0.4, -0.2) is 42.7 Å². The number of pyridine rings is 1. The molecular formula is C14H17NO6. The predicted molar refractivity (Wildman–Crippen MR) is 72.1 cm³/mol. The Labute approximate surface area is 122 Å². The van der Waals surface area contributed by atoms with Crippen molar-refractivity contribution in [3.8, 4) is 0 Å². The predicted octanol–water partition coefficient (Wildman–Crippen LogP) is 1.61. The molecule has 0 aromatic carbocycles. The van der Waals surface area contributed by atoms with Gasteiger partial charge in [0.15, 0.2) is 5.69 Å². The standard InChI is InChI=1S/C14H17NO6/c1-4-19-12(16)9-7-10(13(17)20-5-2)11(15-8-9)14(18)21-6-3/h7-8H,4-6H2,1-3H3. The summed E-state index contributed by atoms with van der Waals surface area (Å²) >= 11 is 0. The Morgan fingerprint density at radius 1 is 0.905 bits per heavy atom. The van der Waals surface area contributed by atoms with E-state index in [0.29, 0.717) is 0 Å². The van der Waals surface area contributed by atoms with Gasteiger partial charge in [-0.1, -0.05) is 0 Å². The van der Waals surface area contributed by atoms with E-state index in [4.69, 9.17) is 14.2 Å². The molecule has 1 heterocycles. The van der Waals surface area contributed by atoms with E-state index in [2.05, 4.69) is 4.98 Å². The zero-order valence-electron chi connectivity index (χ0n) is 12.2. The molecule has 21 heavy (non-hydrogen) atoms. The second kappa shape index (κ2) is 7.98. The van der Waals surface area contributed by atoms with E-state index in [1.165, 1.54) is 6.07 Å². The van der Waals surface area contributed by atoms with Gasteiger partial charge in [-0.3, -0.25) is 0 Å². The van der Waals surface area contributed by atoms with Crippen molar-refractivity contribution in [1.29, 1.82) is 0 Å². The molecule has 1 rings (SSSR count). The minimum Gasteiger partial charge on any atom is -0.462 e. The number of hydrogen-bond donors (Lipinski definition) is 0. The number of ether oxygens (including phenoxy) is 3. The van der Waals surface area contributed by atoms with Gasteiger partial charge in [0.1, 0.15) is 0 Å². The largest absolute Gasteiger partial charge is 0.462 e. The first-order valence-corrected chi connectivity index (χ1v) is 6.56. The van der Waals surface area contributed by atoms with Gasteiger partial charge in [0.25, 0.3) is 0 Å². The molecule has 0 fully saturated rings. The Hall–Kier alpha value is -2.44. The summed E-state index contributed by atoms with van der Waals surface area (Å²) in [7, 11) is 0. The molecule has 0 atom stereocenters. The highest BCUT2D eigenvalue weighted by Gasteiger charge is 2.23. The van der Waals surface area contributed by atoms with Crippen LogP contribution >= 0.6 is 0 Å². The Kier molecular flexibility index (Phi) is 6.32. The van der Waals surface area contributed by atoms with Gasteiger partial charge in [0.2, 0.25) is 0 Å². The van der Waals surface area contributed by atoms with Gasteiger partial charge in [-0.25, -0.2) is 19.4 Å². The van der Waals surface area contributed by atoms with Crippen molar-refractivity contribution < 1.29 is 28.6 Å². The lowest BCUT2D eigenvalue weighted by molar-refractivity contribution is 0.0470. The van der Waals surface area contributed by atoms with E-state index in [0.717, 1.165) is 6.20 Å². The van der Waals surface area contributed by atoms with E-state index in [1.807, 2.05) is 0 Å². The van der Waals surface area contributed by atoms with E-state index in [9.17, 15) is 14.4 Å². The molecule has 0 spiro atoms. The molecule has 0 saturated carbocycles. The van der Waals surface area contributed by atoms with Crippen LogP contribution in [0, 0.1) is 0 Å². The highest BCUT2D eigenvalue weighted by atomic mass is 16.5. The number of carbonyl (C=O) groups is 3. The van der Waals surface area contributed by atoms with Crippen molar-refractivity contribution in [2.45, 2.75) is 20.8 Å². The van der Waals surface area contributed by atoms with Crippen molar-refractivity contribution in [2.75, 3.05) is 19.8 Å². The molecule has 0 aliphatic rings. The summed E-state index contributed by atoms with van der Waals surface area (Å²) < 4.78 is 14.5. The highest BCUT2D eigenvalue weighted by molar-refractivity contribution is 6.03. The number of hydrogen-bond acceptors (Lipinski definition) is 7. The fourth-order valence-electron chi connectivity index (χ4n) is 1.52. The summed E-state index contributed by atoms with van der Waals surface area (Å²) in [5.74, 6) is -2.14. The monoisotopic (exact) mass is 295 g/mol. The third-order valence-corrected chi connectivity index (χ3v) is 2.36. The normalized spacial score (nSPS) is 9.86. The molecule has 114 valence electrons. The first kappa shape index (κ1) is 16.6. The van der Waals surface area contributed by atoms with Crippen LogP contribution in [0.4, 0.5) is 0 Å². The van der Waals surface area contributed by atoms with Gasteiger partial charge in [0, 0.05) is 6.20 Å². The number of carbonyl (C=O) groups excluding carboxylic acids is 3. The van der Waals surface area contributed by atoms with Crippen LogP contribution in [0.15, 0.2) is 12.3 Å². The minimum absolute atomic E-state index is 0.0629. The fraction of sp³-hybridized carbons (Fsp3) is 0.429. The van der Waals surface area contributed by atoms with Crippen LogP contribution in [0.1, 0.15) is 52.0 Å². The molecule has 7 heteroatoms. The van der Waals surface area contributed by atoms with Crippen molar-refractivity contribution >= 4 is 17.9 Å². The lowest BCUT2D eigenvalue weighted by Crippen LogP contribution is -2.18. The molecule has 7 nitrogen and oxygen atoms in total. The number of esters is 3. The Morgan fingerprint density at radius 3 is 2.00 bits per heavy atom. The Balaban J connectivity index is 3.22. The Bertz CT molecular complexity index is 540. The van der Waals surface area contributed by atoms with Gasteiger partial charge in [0.05, 0.1) is 30.9 Å². The zero-order chi connectivity index (χ0) is 15.8. The van der Waals surface area contributed by atoms with E-state index in [1.54, 1.807) is 20.8 Å². The maximum Gasteiger partial charge on any atom is 0.357 e. The minimum atomic E-state index is -0.754. The van der Waals surface area contributed by atoms with E-state index >= 15 is 0 Å². The quantitative estimate of drug-likeness (QED) is 0.581. The summed E-state index contributed by atoms with van der Waals surface area (Å²) in [5, 5.41) is 0. The molecule has 0 saturated heterocycles. The molecule has 0 amide bonds. The van der Waals surface area contributed by atoms with Crippen molar-refractivity contribution in [3.63, 3.8) is 0 Å². The zero-order valence-corrected chi connectivity index (χ0v) is 12.2. The smallest absolute Gasteiger partial charge is 0.357 e. The van der Waals surface area contributed by atoms with Crippen molar-refractivity contribution in [3.05, 3.63) is 29.1 Å².